The Bertz CT molecular complexity index is 5420. The number of benzene rings is 16. The van der Waals surface area contributed by atoms with Crippen molar-refractivity contribution in [1.82, 2.24) is 0 Å². The van der Waals surface area contributed by atoms with Crippen molar-refractivity contribution >= 4 is 152 Å². The van der Waals surface area contributed by atoms with E-state index in [9.17, 15) is 59.4 Å². The fourth-order valence-corrected chi connectivity index (χ4v) is 13.9. The molecule has 0 saturated heterocycles. The molecule has 15 heteroatoms. The van der Waals surface area contributed by atoms with Crippen LogP contribution in [0.15, 0.2) is 309 Å². The highest BCUT2D eigenvalue weighted by Gasteiger charge is 2.22. The predicted octanol–water partition coefficient (Wildman–Crippen LogP) is 22.2. The lowest BCUT2D eigenvalue weighted by atomic mass is 9.93. The first-order valence-corrected chi connectivity index (χ1v) is 33.4. The van der Waals surface area contributed by atoms with Crippen LogP contribution in [0.25, 0.3) is 98.0 Å². The zero-order valence-corrected chi connectivity index (χ0v) is 55.4. The first-order valence-electron chi connectivity index (χ1n) is 33.4. The van der Waals surface area contributed by atoms with E-state index in [1.165, 1.54) is 0 Å². The van der Waals surface area contributed by atoms with Crippen LogP contribution < -0.4 is 14.7 Å². The molecule has 16 aromatic rings. The number of carboxylic acids is 6. The molecule has 6 N–H and O–H groups in total. The Morgan fingerprint density at radius 1 is 0.152 bits per heavy atom. The summed E-state index contributed by atoms with van der Waals surface area (Å²) in [6.45, 7) is 0. The summed E-state index contributed by atoms with van der Waals surface area (Å²) in [4.78, 5) is 78.5. The number of nitrogens with zero attached hydrogens (tertiary/aromatic N) is 3. The van der Waals surface area contributed by atoms with Crippen LogP contribution >= 0.6 is 0 Å². The standard InChI is InChI=1S/C90H57N3O12/c94-85(95)67-7-1-61-46-79(31-19-55(61)37-67)91(80-32-20-56-38-68(86(96)97)8-2-62(56)47-80)76-25-13-52(14-26-76)73-43-74(53-15-27-77(28-16-53)92(81-33-21-57-39-69(87(98)99)9-3-63(57)48-81)82-34-22-58-40-70(88(100)101)10-4-64(58)49-82)45-75(44-73)54-17-29-78(30-18-54)93(83-35-23-59-41-71(89(102)103)11-5-65(59)50-83)84-36-24-60-42-72(90(104)105)12-6-66(60)51-84/h1-51H,(H,94,95)(H,96,97)(H,98,99)(H,100,101)(H,102,103)(H,104,105). The molecule has 0 saturated carbocycles. The first kappa shape index (κ1) is 64.9. The monoisotopic (exact) mass is 1370 g/mol. The number of fused-ring (bicyclic) bond motifs is 6. The third-order valence-corrected chi connectivity index (χ3v) is 19.3. The third-order valence-electron chi connectivity index (χ3n) is 19.3. The number of carbonyl (C=O) groups is 6. The Morgan fingerprint density at radius 2 is 0.295 bits per heavy atom. The molecule has 0 unspecified atom stereocenters. The first-order chi connectivity index (χ1) is 50.9. The van der Waals surface area contributed by atoms with E-state index in [4.69, 9.17) is 0 Å². The summed E-state index contributed by atoms with van der Waals surface area (Å²) in [7, 11) is 0. The van der Waals surface area contributed by atoms with Crippen LogP contribution in [-0.2, 0) is 0 Å². The molecule has 16 rings (SSSR count). The second-order valence-corrected chi connectivity index (χ2v) is 25.8. The van der Waals surface area contributed by atoms with Crippen LogP contribution in [0.5, 0.6) is 0 Å². The Labute approximate surface area is 598 Å². The number of carboxylic acid groups (broad SMARTS) is 6. The molecule has 0 aliphatic heterocycles. The molecule has 0 aliphatic rings. The molecule has 105 heavy (non-hydrogen) atoms. The van der Waals surface area contributed by atoms with Gasteiger partial charge in [-0.3, -0.25) is 0 Å². The number of rotatable bonds is 18. The summed E-state index contributed by atoms with van der Waals surface area (Å²) in [6.07, 6.45) is 0. The summed E-state index contributed by atoms with van der Waals surface area (Å²) in [5, 5.41) is 68.5. The molecule has 0 bridgehead atoms. The molecule has 0 fully saturated rings. The van der Waals surface area contributed by atoms with E-state index in [0.29, 0.717) is 0 Å². The molecule has 0 amide bonds. The van der Waals surface area contributed by atoms with Gasteiger partial charge in [0, 0.05) is 51.2 Å². The minimum atomic E-state index is -1.03. The summed E-state index contributed by atoms with van der Waals surface area (Å²) < 4.78 is 0. The van der Waals surface area contributed by atoms with E-state index < -0.39 is 35.8 Å². The normalized spacial score (nSPS) is 11.3. The number of hydrogen-bond donors (Lipinski definition) is 6. The minimum Gasteiger partial charge on any atom is -0.478 e. The SMILES string of the molecule is O=C(O)c1ccc2cc(N(c3ccc(-c4cc(-c5ccc(N(c6ccc7cc(C(=O)O)ccc7c6)c6ccc7cc(C(=O)O)ccc7c6)cc5)cc(-c5ccc(N(c6ccc7cc(C(=O)O)ccc7c6)c6ccc7cc(C(=O)O)ccc7c6)cc5)c4)cc3)c3ccc4cc(C(=O)O)ccc4c3)ccc2c1. The predicted molar refractivity (Wildman–Crippen MR) is 414 cm³/mol. The molecular formula is C90H57N3O12. The van der Waals surface area contributed by atoms with Crippen molar-refractivity contribution in [1.29, 1.82) is 0 Å². The van der Waals surface area contributed by atoms with Gasteiger partial charge in [0.25, 0.3) is 0 Å². The van der Waals surface area contributed by atoms with Crippen LogP contribution in [0, 0.1) is 0 Å². The molecule has 0 aromatic heterocycles. The van der Waals surface area contributed by atoms with Crippen molar-refractivity contribution in [2.24, 2.45) is 0 Å². The van der Waals surface area contributed by atoms with E-state index in [2.05, 4.69) is 106 Å². The van der Waals surface area contributed by atoms with Gasteiger partial charge >= 0.3 is 35.8 Å². The van der Waals surface area contributed by atoms with Gasteiger partial charge in [-0.2, -0.15) is 0 Å². The van der Waals surface area contributed by atoms with Gasteiger partial charge in [0.05, 0.1) is 33.4 Å². The van der Waals surface area contributed by atoms with Crippen LogP contribution in [-0.4, -0.2) is 66.5 Å². The lowest BCUT2D eigenvalue weighted by molar-refractivity contribution is 0.0686. The highest BCUT2D eigenvalue weighted by molar-refractivity contribution is 6.04. The van der Waals surface area contributed by atoms with Gasteiger partial charge in [-0.05, 0) is 298 Å². The fourth-order valence-electron chi connectivity index (χ4n) is 13.9. The van der Waals surface area contributed by atoms with Gasteiger partial charge in [-0.25, -0.2) is 28.8 Å². The second-order valence-electron chi connectivity index (χ2n) is 25.8. The van der Waals surface area contributed by atoms with E-state index in [0.717, 1.165) is 149 Å². The maximum Gasteiger partial charge on any atom is 0.335 e. The van der Waals surface area contributed by atoms with Gasteiger partial charge in [0.15, 0.2) is 0 Å². The number of aromatic carboxylic acids is 6. The Morgan fingerprint density at radius 3 is 0.457 bits per heavy atom. The topological polar surface area (TPSA) is 234 Å². The maximum atomic E-state index is 12.0. The van der Waals surface area contributed by atoms with Crippen molar-refractivity contribution in [3.05, 3.63) is 343 Å². The zero-order chi connectivity index (χ0) is 72.3. The largest absolute Gasteiger partial charge is 0.478 e. The summed E-state index contributed by atoms with van der Waals surface area (Å²) in [6, 6.07) is 96.5. The van der Waals surface area contributed by atoms with Crippen LogP contribution in [0.2, 0.25) is 0 Å². The lowest BCUT2D eigenvalue weighted by Gasteiger charge is -2.27. The average molecular weight is 1370 g/mol. The number of hydrogen-bond acceptors (Lipinski definition) is 9. The maximum absolute atomic E-state index is 12.0. The van der Waals surface area contributed by atoms with Crippen molar-refractivity contribution < 1.29 is 59.4 Å². The van der Waals surface area contributed by atoms with Gasteiger partial charge in [-0.1, -0.05) is 109 Å². The van der Waals surface area contributed by atoms with Crippen molar-refractivity contribution in [3.63, 3.8) is 0 Å². The van der Waals surface area contributed by atoms with E-state index in [-0.39, 0.29) is 33.4 Å². The smallest absolute Gasteiger partial charge is 0.335 e. The molecular weight excluding hydrogens is 1310 g/mol. The van der Waals surface area contributed by atoms with Crippen LogP contribution in [0.3, 0.4) is 0 Å². The summed E-state index contributed by atoms with van der Waals surface area (Å²) in [5.74, 6) is -6.16. The van der Waals surface area contributed by atoms with Crippen molar-refractivity contribution in [2.45, 2.75) is 0 Å². The molecule has 16 aromatic carbocycles. The highest BCUT2D eigenvalue weighted by atomic mass is 16.4. The van der Waals surface area contributed by atoms with Crippen molar-refractivity contribution in [3.8, 4) is 33.4 Å². The van der Waals surface area contributed by atoms with E-state index in [1.54, 1.807) is 109 Å². The van der Waals surface area contributed by atoms with E-state index >= 15 is 0 Å². The highest BCUT2D eigenvalue weighted by Crippen LogP contribution is 2.45. The third kappa shape index (κ3) is 12.7. The quantitative estimate of drug-likeness (QED) is 0.0469. The van der Waals surface area contributed by atoms with Crippen molar-refractivity contribution in [2.75, 3.05) is 14.7 Å². The summed E-state index contributed by atoms with van der Waals surface area (Å²) in [5.41, 5.74) is 13.6. The van der Waals surface area contributed by atoms with Gasteiger partial charge < -0.3 is 45.3 Å². The zero-order valence-electron chi connectivity index (χ0n) is 55.4. The van der Waals surface area contributed by atoms with Gasteiger partial charge in [0.1, 0.15) is 0 Å². The summed E-state index contributed by atoms with van der Waals surface area (Å²) >= 11 is 0. The molecule has 0 spiro atoms. The molecule has 15 nitrogen and oxygen atoms in total. The van der Waals surface area contributed by atoms with Crippen LogP contribution in [0.4, 0.5) is 51.2 Å². The average Bonchev–Trinajstić information content (AvgIpc) is 0.781. The Hall–Kier alpha value is -14.7. The second kappa shape index (κ2) is 26.4. The van der Waals surface area contributed by atoms with Gasteiger partial charge in [-0.15, -0.1) is 0 Å². The molecule has 0 aliphatic carbocycles. The minimum absolute atomic E-state index is 0.172. The fraction of sp³-hybridized carbons (Fsp3) is 0. The van der Waals surface area contributed by atoms with Crippen LogP contribution in [0.1, 0.15) is 62.1 Å². The Kier molecular flexibility index (Phi) is 16.3. The number of anilines is 9. The molecule has 0 radical (unpaired) electrons. The molecule has 0 heterocycles. The van der Waals surface area contributed by atoms with E-state index in [1.807, 2.05) is 109 Å². The lowest BCUT2D eigenvalue weighted by Crippen LogP contribution is -2.10. The molecule has 0 atom stereocenters. The van der Waals surface area contributed by atoms with Gasteiger partial charge in [0.2, 0.25) is 0 Å². The molecule has 504 valence electrons. The Balaban J connectivity index is 0.823.